The number of ether oxygens (including phenoxy) is 2. The Hall–Kier alpha value is -3.98. The highest BCUT2D eigenvalue weighted by Gasteiger charge is 2.45. The largest absolute Gasteiger partial charge is 0.494 e. The van der Waals surface area contributed by atoms with Gasteiger partial charge in [-0.15, -0.1) is 0 Å². The van der Waals surface area contributed by atoms with Crippen molar-refractivity contribution < 1.29 is 23.5 Å². The molecule has 2 aromatic heterocycles. The Labute approximate surface area is 230 Å². The third kappa shape index (κ3) is 4.94. The second kappa shape index (κ2) is 11.0. The van der Waals surface area contributed by atoms with Gasteiger partial charge in [-0.3, -0.25) is 14.5 Å². The van der Waals surface area contributed by atoms with Gasteiger partial charge in [0.15, 0.2) is 10.6 Å². The molecular formula is C30H30N2O6S. The molecule has 1 atom stereocenters. The lowest BCUT2D eigenvalue weighted by atomic mass is 9.98. The predicted molar refractivity (Wildman–Crippen MR) is 150 cm³/mol. The first-order valence-electron chi connectivity index (χ1n) is 13.0. The number of unbranched alkanes of at least 4 members (excludes halogenated alkanes) is 3. The fourth-order valence-corrected chi connectivity index (χ4v) is 5.84. The van der Waals surface area contributed by atoms with Gasteiger partial charge in [0.1, 0.15) is 16.2 Å². The van der Waals surface area contributed by atoms with Crippen molar-refractivity contribution in [3.8, 4) is 5.75 Å². The van der Waals surface area contributed by atoms with Crippen molar-refractivity contribution in [2.24, 2.45) is 0 Å². The number of carbonyl (C=O) groups is 2. The molecule has 1 amide bonds. The quantitative estimate of drug-likeness (QED) is 0.178. The summed E-state index contributed by atoms with van der Waals surface area (Å²) in [7, 11) is 1.30. The average Bonchev–Trinajstić information content (AvgIpc) is 3.46. The van der Waals surface area contributed by atoms with E-state index < -0.39 is 17.9 Å². The third-order valence-corrected chi connectivity index (χ3v) is 7.99. The minimum absolute atomic E-state index is 0.0231. The molecule has 5 rings (SSSR count). The monoisotopic (exact) mass is 546 g/mol. The minimum atomic E-state index is -0.789. The Morgan fingerprint density at radius 1 is 1.08 bits per heavy atom. The minimum Gasteiger partial charge on any atom is -0.494 e. The first-order valence-corrected chi connectivity index (χ1v) is 13.8. The van der Waals surface area contributed by atoms with Crippen LogP contribution in [0.4, 0.5) is 5.13 Å². The van der Waals surface area contributed by atoms with Gasteiger partial charge in [-0.05, 0) is 50.1 Å². The number of benzene rings is 2. The van der Waals surface area contributed by atoms with Crippen LogP contribution in [0.5, 0.6) is 5.75 Å². The summed E-state index contributed by atoms with van der Waals surface area (Å²) in [6, 6.07) is 11.9. The zero-order valence-electron chi connectivity index (χ0n) is 22.4. The second-order valence-electron chi connectivity index (χ2n) is 9.63. The van der Waals surface area contributed by atoms with E-state index in [0.29, 0.717) is 39.5 Å². The lowest BCUT2D eigenvalue weighted by molar-refractivity contribution is 0.0605. The number of anilines is 1. The van der Waals surface area contributed by atoms with E-state index in [1.165, 1.54) is 18.4 Å². The lowest BCUT2D eigenvalue weighted by Crippen LogP contribution is -2.29. The number of carbonyl (C=O) groups excluding carboxylic acids is 2. The smallest absolute Gasteiger partial charge is 0.350 e. The number of fused-ring (bicyclic) bond motifs is 2. The molecule has 0 radical (unpaired) electrons. The first-order chi connectivity index (χ1) is 18.8. The van der Waals surface area contributed by atoms with E-state index in [4.69, 9.17) is 13.9 Å². The van der Waals surface area contributed by atoms with Crippen LogP contribution >= 0.6 is 11.3 Å². The zero-order chi connectivity index (χ0) is 27.7. The molecule has 202 valence electrons. The van der Waals surface area contributed by atoms with Crippen LogP contribution in [0.25, 0.3) is 11.0 Å². The van der Waals surface area contributed by atoms with Crippen LogP contribution in [0.1, 0.15) is 81.3 Å². The summed E-state index contributed by atoms with van der Waals surface area (Å²) >= 11 is 1.05. The molecule has 0 saturated carbocycles. The molecule has 9 heteroatoms. The van der Waals surface area contributed by atoms with Gasteiger partial charge in [-0.2, -0.15) is 0 Å². The van der Waals surface area contributed by atoms with Gasteiger partial charge in [-0.25, -0.2) is 9.78 Å². The summed E-state index contributed by atoms with van der Waals surface area (Å²) in [6.45, 7) is 6.37. The zero-order valence-corrected chi connectivity index (χ0v) is 23.2. The summed E-state index contributed by atoms with van der Waals surface area (Å²) in [5.74, 6) is -0.334. The van der Waals surface area contributed by atoms with Crippen molar-refractivity contribution in [2.75, 3.05) is 18.6 Å². The van der Waals surface area contributed by atoms with E-state index in [-0.39, 0.29) is 21.9 Å². The van der Waals surface area contributed by atoms with Crippen molar-refractivity contribution in [3.05, 3.63) is 85.7 Å². The molecule has 4 aromatic rings. The normalized spacial score (nSPS) is 14.6. The van der Waals surface area contributed by atoms with Gasteiger partial charge in [0.2, 0.25) is 5.76 Å². The molecule has 3 heterocycles. The summed E-state index contributed by atoms with van der Waals surface area (Å²) in [5, 5.41) is 0.691. The molecule has 0 fully saturated rings. The molecule has 0 aliphatic carbocycles. The number of aromatic nitrogens is 1. The summed E-state index contributed by atoms with van der Waals surface area (Å²) < 4.78 is 16.8. The summed E-state index contributed by atoms with van der Waals surface area (Å²) in [5.41, 5.74) is 2.37. The number of thiazole rings is 1. The Balaban J connectivity index is 1.59. The molecule has 1 aliphatic heterocycles. The van der Waals surface area contributed by atoms with Gasteiger partial charge in [0, 0.05) is 0 Å². The number of esters is 1. The Morgan fingerprint density at radius 2 is 1.85 bits per heavy atom. The molecule has 0 saturated heterocycles. The van der Waals surface area contributed by atoms with Gasteiger partial charge < -0.3 is 13.9 Å². The Kier molecular flexibility index (Phi) is 7.52. The van der Waals surface area contributed by atoms with Crippen LogP contribution < -0.4 is 15.1 Å². The van der Waals surface area contributed by atoms with Crippen molar-refractivity contribution in [1.29, 1.82) is 0 Å². The highest BCUT2D eigenvalue weighted by atomic mass is 32.1. The van der Waals surface area contributed by atoms with E-state index >= 15 is 0 Å². The van der Waals surface area contributed by atoms with Crippen molar-refractivity contribution in [2.45, 2.75) is 52.5 Å². The van der Waals surface area contributed by atoms with Crippen molar-refractivity contribution in [1.82, 2.24) is 4.98 Å². The average molecular weight is 547 g/mol. The third-order valence-electron chi connectivity index (χ3n) is 6.85. The van der Waals surface area contributed by atoms with Crippen LogP contribution in [0, 0.1) is 13.8 Å². The van der Waals surface area contributed by atoms with E-state index in [9.17, 15) is 14.4 Å². The number of hydrogen-bond donors (Lipinski definition) is 0. The number of nitrogens with zero attached hydrogens (tertiary/aromatic N) is 2. The molecule has 2 aromatic carbocycles. The highest BCUT2D eigenvalue weighted by molar-refractivity contribution is 7.17. The predicted octanol–water partition coefficient (Wildman–Crippen LogP) is 6.36. The number of hydrogen-bond acceptors (Lipinski definition) is 8. The maximum Gasteiger partial charge on any atom is 0.350 e. The molecule has 0 bridgehead atoms. The van der Waals surface area contributed by atoms with Gasteiger partial charge in [0.25, 0.3) is 5.91 Å². The van der Waals surface area contributed by atoms with Gasteiger partial charge in [0.05, 0.1) is 36.4 Å². The highest BCUT2D eigenvalue weighted by Crippen LogP contribution is 2.43. The Bertz CT molecular complexity index is 1600. The SMILES string of the molecule is CCCCCCOc1ccc(C2c3c(oc4ccc(C)cc4c3=O)C(=O)N2c2nc(C)c(C(=O)OC)s2)cc1. The van der Waals surface area contributed by atoms with Crippen molar-refractivity contribution in [3.63, 3.8) is 0 Å². The molecule has 1 unspecified atom stereocenters. The van der Waals surface area contributed by atoms with E-state index in [1.54, 1.807) is 19.1 Å². The second-order valence-corrected chi connectivity index (χ2v) is 10.6. The van der Waals surface area contributed by atoms with Crippen LogP contribution in [0.3, 0.4) is 0 Å². The topological polar surface area (TPSA) is 98.9 Å². The molecule has 0 spiro atoms. The van der Waals surface area contributed by atoms with Crippen molar-refractivity contribution >= 4 is 39.3 Å². The van der Waals surface area contributed by atoms with Crippen LogP contribution in [-0.2, 0) is 4.74 Å². The first kappa shape index (κ1) is 26.6. The summed E-state index contributed by atoms with van der Waals surface area (Å²) in [6.07, 6.45) is 4.44. The van der Waals surface area contributed by atoms with Crippen LogP contribution in [0.15, 0.2) is 51.7 Å². The Morgan fingerprint density at radius 3 is 2.56 bits per heavy atom. The summed E-state index contributed by atoms with van der Waals surface area (Å²) in [4.78, 5) is 46.2. The molecular weight excluding hydrogens is 516 g/mol. The van der Waals surface area contributed by atoms with Gasteiger partial charge >= 0.3 is 5.97 Å². The van der Waals surface area contributed by atoms with Crippen LogP contribution in [0.2, 0.25) is 0 Å². The van der Waals surface area contributed by atoms with Gasteiger partial charge in [-0.1, -0.05) is 61.3 Å². The number of methoxy groups -OCH3 is 1. The molecule has 8 nitrogen and oxygen atoms in total. The number of amides is 1. The maximum atomic E-state index is 13.8. The fourth-order valence-electron chi connectivity index (χ4n) is 4.83. The maximum absolute atomic E-state index is 13.8. The van der Waals surface area contributed by atoms with E-state index in [1.807, 2.05) is 37.3 Å². The van der Waals surface area contributed by atoms with Crippen LogP contribution in [-0.4, -0.2) is 30.6 Å². The number of aryl methyl sites for hydroxylation is 2. The molecule has 1 aliphatic rings. The fraction of sp³-hybridized carbons (Fsp3) is 0.333. The lowest BCUT2D eigenvalue weighted by Gasteiger charge is -2.22. The van der Waals surface area contributed by atoms with E-state index in [2.05, 4.69) is 11.9 Å². The number of rotatable bonds is 9. The molecule has 39 heavy (non-hydrogen) atoms. The standard InChI is InChI=1S/C30H30N2O6S/c1-5-6-7-8-15-37-20-12-10-19(11-13-20)24-23-25(33)21-16-17(2)9-14-22(21)38-26(23)28(34)32(24)30-31-18(3)27(39-30)29(35)36-4/h9-14,16,24H,5-8,15H2,1-4H3. The molecule has 0 N–H and O–H groups in total. The van der Waals surface area contributed by atoms with E-state index in [0.717, 1.165) is 36.2 Å².